The van der Waals surface area contributed by atoms with E-state index < -0.39 is 0 Å². The van der Waals surface area contributed by atoms with Crippen molar-refractivity contribution >= 4 is 34.7 Å². The second-order valence-corrected chi connectivity index (χ2v) is 8.15. The van der Waals surface area contributed by atoms with Crippen molar-refractivity contribution < 1.29 is 4.74 Å². The Morgan fingerprint density at radius 3 is 2.70 bits per heavy atom. The summed E-state index contributed by atoms with van der Waals surface area (Å²) in [6, 6.07) is 18.8. The minimum atomic E-state index is 0.214. The Balaban J connectivity index is 1.36. The molecule has 3 heterocycles. The average Bonchev–Trinajstić information content (AvgIpc) is 3.18. The molecule has 4 aromatic rings. The van der Waals surface area contributed by atoms with Gasteiger partial charge in [-0.1, -0.05) is 48.0 Å². The molecule has 2 aromatic carbocycles. The number of nitrogen functional groups attached to an aromatic ring is 1. The second-order valence-electron chi connectivity index (χ2n) is 8.15. The molecule has 0 saturated carbocycles. The van der Waals surface area contributed by atoms with Crippen LogP contribution in [0.1, 0.15) is 16.7 Å². The Bertz CT molecular complexity index is 1270. The number of ether oxygens (including phenoxy) is 1. The maximum Gasteiger partial charge on any atom is 0.224 e. The number of para-hydroxylation sites is 1. The molecule has 0 radical (unpaired) electrons. The second kappa shape index (κ2) is 9.30. The van der Waals surface area contributed by atoms with Crippen molar-refractivity contribution in [2.24, 2.45) is 5.10 Å². The number of rotatable bonds is 6. The summed E-state index contributed by atoms with van der Waals surface area (Å²) in [5.41, 5.74) is 13.7. The van der Waals surface area contributed by atoms with Gasteiger partial charge in [-0.25, -0.2) is 0 Å². The van der Waals surface area contributed by atoms with Crippen molar-refractivity contribution in [3.05, 3.63) is 77.5 Å². The van der Waals surface area contributed by atoms with Crippen LogP contribution in [0.4, 0.5) is 17.6 Å². The predicted molar refractivity (Wildman–Crippen MR) is 133 cm³/mol. The number of fused-ring (bicyclic) bond motifs is 1. The fourth-order valence-corrected chi connectivity index (χ4v) is 4.03. The van der Waals surface area contributed by atoms with Crippen molar-refractivity contribution in [3.8, 4) is 0 Å². The highest BCUT2D eigenvalue weighted by Gasteiger charge is 2.14. The van der Waals surface area contributed by atoms with Crippen molar-refractivity contribution in [2.75, 3.05) is 42.4 Å². The van der Waals surface area contributed by atoms with E-state index in [1.54, 1.807) is 0 Å². The molecular weight excluding hydrogens is 414 g/mol. The minimum Gasteiger partial charge on any atom is -0.378 e. The molecule has 2 aromatic heterocycles. The Morgan fingerprint density at radius 2 is 1.88 bits per heavy atom. The molecule has 8 heteroatoms. The van der Waals surface area contributed by atoms with Crippen LogP contribution in [-0.4, -0.2) is 47.1 Å². The summed E-state index contributed by atoms with van der Waals surface area (Å²) in [6.45, 7) is 5.81. The number of aryl methyl sites for hydroxylation is 1. The van der Waals surface area contributed by atoms with E-state index in [0.29, 0.717) is 19.0 Å². The molecule has 0 amide bonds. The number of hydrogen-bond donors (Lipinski definition) is 2. The first kappa shape index (κ1) is 21.0. The molecule has 5 rings (SSSR count). The Labute approximate surface area is 192 Å². The Hall–Kier alpha value is -3.91. The van der Waals surface area contributed by atoms with Gasteiger partial charge in [0.15, 0.2) is 5.82 Å². The zero-order valence-corrected chi connectivity index (χ0v) is 18.6. The SMILES string of the molecule is Cc1ccc(Cn2cc(/C=N/Nc3cc(N4CCOCC4)nc(N)n3)c3ccccc32)cc1. The first-order valence-corrected chi connectivity index (χ1v) is 11.1. The summed E-state index contributed by atoms with van der Waals surface area (Å²) in [6.07, 6.45) is 3.95. The maximum atomic E-state index is 5.93. The van der Waals surface area contributed by atoms with Crippen LogP contribution in [0.15, 0.2) is 65.9 Å². The van der Waals surface area contributed by atoms with E-state index >= 15 is 0 Å². The first-order chi connectivity index (χ1) is 16.2. The van der Waals surface area contributed by atoms with Crippen LogP contribution in [0.5, 0.6) is 0 Å². The maximum absolute atomic E-state index is 5.93. The van der Waals surface area contributed by atoms with E-state index in [0.717, 1.165) is 36.4 Å². The van der Waals surface area contributed by atoms with Crippen LogP contribution in [0.25, 0.3) is 10.9 Å². The fraction of sp³-hybridized carbons (Fsp3) is 0.240. The topological polar surface area (TPSA) is 93.6 Å². The van der Waals surface area contributed by atoms with Crippen LogP contribution in [0, 0.1) is 6.92 Å². The standard InChI is InChI=1S/C25H27N7O/c1-18-6-8-19(9-7-18)16-32-17-20(21-4-2-3-5-22(21)32)15-27-30-23-14-24(29-25(26)28-23)31-10-12-33-13-11-31/h2-9,14-15,17H,10-13,16H2,1H3,(H3,26,28,29,30)/b27-15+. The van der Waals surface area contributed by atoms with E-state index in [9.17, 15) is 0 Å². The highest BCUT2D eigenvalue weighted by molar-refractivity contribution is 5.99. The van der Waals surface area contributed by atoms with Crippen molar-refractivity contribution in [2.45, 2.75) is 13.5 Å². The summed E-state index contributed by atoms with van der Waals surface area (Å²) in [5.74, 6) is 1.55. The third kappa shape index (κ3) is 4.80. The van der Waals surface area contributed by atoms with Gasteiger partial charge in [0.05, 0.1) is 19.4 Å². The lowest BCUT2D eigenvalue weighted by atomic mass is 10.1. The average molecular weight is 442 g/mol. The van der Waals surface area contributed by atoms with Gasteiger partial charge in [0.25, 0.3) is 0 Å². The number of benzene rings is 2. The quantitative estimate of drug-likeness (QED) is 0.350. The van der Waals surface area contributed by atoms with Gasteiger partial charge in [-0.15, -0.1) is 0 Å². The smallest absolute Gasteiger partial charge is 0.224 e. The molecule has 1 fully saturated rings. The molecule has 168 valence electrons. The van der Waals surface area contributed by atoms with Gasteiger partial charge in [0.1, 0.15) is 5.82 Å². The van der Waals surface area contributed by atoms with Crippen LogP contribution in [0.3, 0.4) is 0 Å². The number of hydrazone groups is 1. The number of nitrogens with two attached hydrogens (primary N) is 1. The zero-order chi connectivity index (χ0) is 22.6. The Morgan fingerprint density at radius 1 is 1.09 bits per heavy atom. The highest BCUT2D eigenvalue weighted by atomic mass is 16.5. The molecule has 3 N–H and O–H groups in total. The summed E-state index contributed by atoms with van der Waals surface area (Å²) >= 11 is 0. The molecule has 1 saturated heterocycles. The van der Waals surface area contributed by atoms with Gasteiger partial charge in [-0.05, 0) is 18.6 Å². The zero-order valence-electron chi connectivity index (χ0n) is 18.6. The van der Waals surface area contributed by atoms with E-state index in [2.05, 4.69) is 85.5 Å². The molecule has 0 aliphatic carbocycles. The normalized spacial score (nSPS) is 14.3. The molecule has 33 heavy (non-hydrogen) atoms. The number of aromatic nitrogens is 3. The van der Waals surface area contributed by atoms with Gasteiger partial charge in [-0.2, -0.15) is 15.1 Å². The van der Waals surface area contributed by atoms with Crippen molar-refractivity contribution in [1.29, 1.82) is 0 Å². The first-order valence-electron chi connectivity index (χ1n) is 11.1. The summed E-state index contributed by atoms with van der Waals surface area (Å²) in [4.78, 5) is 10.8. The van der Waals surface area contributed by atoms with Crippen LogP contribution in [-0.2, 0) is 11.3 Å². The molecule has 0 atom stereocenters. The van der Waals surface area contributed by atoms with Crippen molar-refractivity contribution in [1.82, 2.24) is 14.5 Å². The summed E-state index contributed by atoms with van der Waals surface area (Å²) in [7, 11) is 0. The van der Waals surface area contributed by atoms with Crippen LogP contribution < -0.4 is 16.1 Å². The minimum absolute atomic E-state index is 0.214. The molecule has 0 spiro atoms. The van der Waals surface area contributed by atoms with Crippen molar-refractivity contribution in [3.63, 3.8) is 0 Å². The monoisotopic (exact) mass is 441 g/mol. The predicted octanol–water partition coefficient (Wildman–Crippen LogP) is 3.65. The molecule has 0 bridgehead atoms. The van der Waals surface area contributed by atoms with Crippen LogP contribution in [0.2, 0.25) is 0 Å². The Kier molecular flexibility index (Phi) is 5.91. The van der Waals surface area contributed by atoms with E-state index in [-0.39, 0.29) is 5.95 Å². The largest absolute Gasteiger partial charge is 0.378 e. The van der Waals surface area contributed by atoms with Gasteiger partial charge >= 0.3 is 0 Å². The lowest BCUT2D eigenvalue weighted by Gasteiger charge is -2.27. The van der Waals surface area contributed by atoms with Gasteiger partial charge in [0, 0.05) is 48.4 Å². The molecular formula is C25H27N7O. The summed E-state index contributed by atoms with van der Waals surface area (Å²) < 4.78 is 7.67. The molecule has 0 unspecified atom stereocenters. The van der Waals surface area contributed by atoms with Gasteiger partial charge in [-0.3, -0.25) is 5.43 Å². The van der Waals surface area contributed by atoms with Crippen LogP contribution >= 0.6 is 0 Å². The highest BCUT2D eigenvalue weighted by Crippen LogP contribution is 2.22. The third-order valence-electron chi connectivity index (χ3n) is 5.74. The number of morpholine rings is 1. The summed E-state index contributed by atoms with van der Waals surface area (Å²) in [5, 5.41) is 5.59. The number of anilines is 3. The lowest BCUT2D eigenvalue weighted by molar-refractivity contribution is 0.122. The van der Waals surface area contributed by atoms with E-state index in [1.807, 2.05) is 18.3 Å². The lowest BCUT2D eigenvalue weighted by Crippen LogP contribution is -2.36. The van der Waals surface area contributed by atoms with E-state index in [4.69, 9.17) is 10.5 Å². The fourth-order valence-electron chi connectivity index (χ4n) is 4.03. The van der Waals surface area contributed by atoms with Gasteiger partial charge in [0.2, 0.25) is 5.95 Å². The molecule has 8 nitrogen and oxygen atoms in total. The number of nitrogens with one attached hydrogen (secondary N) is 1. The molecule has 1 aliphatic heterocycles. The number of hydrogen-bond acceptors (Lipinski definition) is 7. The van der Waals surface area contributed by atoms with Gasteiger partial charge < -0.3 is 19.9 Å². The third-order valence-corrected chi connectivity index (χ3v) is 5.74. The molecule has 1 aliphatic rings. The van der Waals surface area contributed by atoms with E-state index in [1.165, 1.54) is 16.6 Å². The number of nitrogens with zero attached hydrogens (tertiary/aromatic N) is 5.